The molecular formula is C15H21N3. The Morgan fingerprint density at radius 1 is 1.11 bits per heavy atom. The van der Waals surface area contributed by atoms with Crippen LogP contribution in [-0.4, -0.2) is 36.1 Å². The minimum atomic E-state index is 0.956. The van der Waals surface area contributed by atoms with E-state index in [-0.39, 0.29) is 0 Å². The zero-order valence-corrected chi connectivity index (χ0v) is 11.2. The second kappa shape index (κ2) is 6.36. The first-order valence-corrected chi connectivity index (χ1v) is 6.65. The van der Waals surface area contributed by atoms with Gasteiger partial charge in [0.05, 0.1) is 11.2 Å². The molecule has 0 radical (unpaired) electrons. The number of hydrogen-bond donors (Lipinski definition) is 1. The normalized spacial score (nSPS) is 11.1. The maximum atomic E-state index is 4.44. The molecule has 1 aromatic carbocycles. The summed E-state index contributed by atoms with van der Waals surface area (Å²) < 4.78 is 0. The quantitative estimate of drug-likeness (QED) is 0.845. The van der Waals surface area contributed by atoms with Gasteiger partial charge in [-0.05, 0) is 25.2 Å². The fourth-order valence-electron chi connectivity index (χ4n) is 2.14. The maximum absolute atomic E-state index is 4.44. The Bertz CT molecular complexity index is 487. The van der Waals surface area contributed by atoms with Crippen LogP contribution >= 0.6 is 0 Å². The molecule has 0 spiro atoms. The highest BCUT2D eigenvalue weighted by Crippen LogP contribution is 2.20. The number of aromatic nitrogens is 1. The summed E-state index contributed by atoms with van der Waals surface area (Å²) >= 11 is 0. The highest BCUT2D eigenvalue weighted by molar-refractivity contribution is 5.90. The van der Waals surface area contributed by atoms with Crippen molar-refractivity contribution in [3.63, 3.8) is 0 Å². The van der Waals surface area contributed by atoms with E-state index in [0.29, 0.717) is 0 Å². The Morgan fingerprint density at radius 2 is 1.89 bits per heavy atom. The third kappa shape index (κ3) is 2.99. The van der Waals surface area contributed by atoms with Crippen LogP contribution in [0.4, 0.5) is 5.69 Å². The number of hydrogen-bond acceptors (Lipinski definition) is 3. The third-order valence-electron chi connectivity index (χ3n) is 3.27. The molecule has 1 heterocycles. The van der Waals surface area contributed by atoms with Crippen LogP contribution in [0.3, 0.4) is 0 Å². The first-order chi connectivity index (χ1) is 8.85. The molecule has 3 heteroatoms. The molecule has 2 rings (SSSR count). The van der Waals surface area contributed by atoms with E-state index >= 15 is 0 Å². The number of nitrogens with zero attached hydrogens (tertiary/aromatic N) is 2. The van der Waals surface area contributed by atoms with Crippen molar-refractivity contribution in [2.45, 2.75) is 13.8 Å². The standard InChI is InChI=1S/C15H21N3/c1-3-18(4-2)12-11-16-14-9-5-7-13-8-6-10-17-15(13)14/h5-10,16H,3-4,11-12H2,1-2H3. The van der Waals surface area contributed by atoms with Crippen LogP contribution in [-0.2, 0) is 0 Å². The Morgan fingerprint density at radius 3 is 2.67 bits per heavy atom. The molecule has 0 fully saturated rings. The molecule has 0 bridgehead atoms. The predicted molar refractivity (Wildman–Crippen MR) is 78.0 cm³/mol. The minimum Gasteiger partial charge on any atom is -0.382 e. The summed E-state index contributed by atoms with van der Waals surface area (Å²) in [4.78, 5) is 6.85. The van der Waals surface area contributed by atoms with Crippen LogP contribution in [0.1, 0.15) is 13.8 Å². The molecule has 18 heavy (non-hydrogen) atoms. The van der Waals surface area contributed by atoms with Crippen molar-refractivity contribution in [3.8, 4) is 0 Å². The van der Waals surface area contributed by atoms with Gasteiger partial charge in [-0.2, -0.15) is 0 Å². The van der Waals surface area contributed by atoms with Gasteiger partial charge in [0.2, 0.25) is 0 Å². The third-order valence-corrected chi connectivity index (χ3v) is 3.27. The average molecular weight is 243 g/mol. The maximum Gasteiger partial charge on any atom is 0.0933 e. The van der Waals surface area contributed by atoms with Crippen LogP contribution in [0.25, 0.3) is 10.9 Å². The van der Waals surface area contributed by atoms with Gasteiger partial charge in [0.1, 0.15) is 0 Å². The van der Waals surface area contributed by atoms with Gasteiger partial charge in [-0.15, -0.1) is 0 Å². The van der Waals surface area contributed by atoms with Gasteiger partial charge in [0.15, 0.2) is 0 Å². The Balaban J connectivity index is 2.03. The summed E-state index contributed by atoms with van der Waals surface area (Å²) in [7, 11) is 0. The first kappa shape index (κ1) is 12.8. The fraction of sp³-hybridized carbons (Fsp3) is 0.400. The number of likely N-dealkylation sites (N-methyl/N-ethyl adjacent to an activating group) is 1. The Hall–Kier alpha value is -1.61. The predicted octanol–water partition coefficient (Wildman–Crippen LogP) is 2.99. The number of anilines is 1. The van der Waals surface area contributed by atoms with Crippen molar-refractivity contribution in [1.29, 1.82) is 0 Å². The lowest BCUT2D eigenvalue weighted by Gasteiger charge is -2.18. The van der Waals surface area contributed by atoms with Crippen LogP contribution in [0.5, 0.6) is 0 Å². The van der Waals surface area contributed by atoms with Gasteiger partial charge < -0.3 is 10.2 Å². The van der Waals surface area contributed by atoms with Crippen LogP contribution in [0, 0.1) is 0 Å². The molecule has 0 aliphatic carbocycles. The second-order valence-electron chi connectivity index (χ2n) is 4.33. The molecule has 3 nitrogen and oxygen atoms in total. The van der Waals surface area contributed by atoms with Crippen molar-refractivity contribution in [2.75, 3.05) is 31.5 Å². The Labute approximate surface area is 109 Å². The van der Waals surface area contributed by atoms with Gasteiger partial charge in [-0.25, -0.2) is 0 Å². The molecule has 0 amide bonds. The highest BCUT2D eigenvalue weighted by Gasteiger charge is 2.02. The van der Waals surface area contributed by atoms with Gasteiger partial charge >= 0.3 is 0 Å². The van der Waals surface area contributed by atoms with E-state index < -0.39 is 0 Å². The lowest BCUT2D eigenvalue weighted by molar-refractivity contribution is 0.316. The second-order valence-corrected chi connectivity index (χ2v) is 4.33. The van der Waals surface area contributed by atoms with E-state index in [1.54, 1.807) is 0 Å². The molecule has 1 aromatic heterocycles. The lowest BCUT2D eigenvalue weighted by Crippen LogP contribution is -2.28. The van der Waals surface area contributed by atoms with Gasteiger partial charge in [-0.3, -0.25) is 4.98 Å². The number of para-hydroxylation sites is 1. The molecule has 2 aromatic rings. The van der Waals surface area contributed by atoms with Crippen molar-refractivity contribution < 1.29 is 0 Å². The van der Waals surface area contributed by atoms with E-state index in [4.69, 9.17) is 0 Å². The molecule has 96 valence electrons. The fourth-order valence-corrected chi connectivity index (χ4v) is 2.14. The smallest absolute Gasteiger partial charge is 0.0933 e. The topological polar surface area (TPSA) is 28.2 Å². The van der Waals surface area contributed by atoms with E-state index in [1.807, 2.05) is 12.3 Å². The number of rotatable bonds is 6. The van der Waals surface area contributed by atoms with Crippen LogP contribution in [0.15, 0.2) is 36.5 Å². The van der Waals surface area contributed by atoms with E-state index in [0.717, 1.165) is 37.4 Å². The SMILES string of the molecule is CCN(CC)CCNc1cccc2cccnc12. The molecule has 1 N–H and O–H groups in total. The van der Waals surface area contributed by atoms with Crippen LogP contribution in [0.2, 0.25) is 0 Å². The van der Waals surface area contributed by atoms with Crippen LogP contribution < -0.4 is 5.32 Å². The largest absolute Gasteiger partial charge is 0.382 e. The summed E-state index contributed by atoms with van der Waals surface area (Å²) in [5.74, 6) is 0. The number of pyridine rings is 1. The van der Waals surface area contributed by atoms with Crippen molar-refractivity contribution >= 4 is 16.6 Å². The summed E-state index contributed by atoms with van der Waals surface area (Å²) in [5.41, 5.74) is 2.18. The Kier molecular flexibility index (Phi) is 4.53. The van der Waals surface area contributed by atoms with Crippen molar-refractivity contribution in [2.24, 2.45) is 0 Å². The van der Waals surface area contributed by atoms with Crippen molar-refractivity contribution in [1.82, 2.24) is 9.88 Å². The van der Waals surface area contributed by atoms with E-state index in [1.165, 1.54) is 5.39 Å². The summed E-state index contributed by atoms with van der Waals surface area (Å²) in [6.45, 7) is 8.62. The molecule has 0 unspecified atom stereocenters. The minimum absolute atomic E-state index is 0.956. The lowest BCUT2D eigenvalue weighted by atomic mass is 10.2. The van der Waals surface area contributed by atoms with E-state index in [2.05, 4.69) is 53.3 Å². The van der Waals surface area contributed by atoms with E-state index in [9.17, 15) is 0 Å². The zero-order valence-electron chi connectivity index (χ0n) is 11.2. The number of benzene rings is 1. The first-order valence-electron chi connectivity index (χ1n) is 6.65. The molecule has 0 aliphatic heterocycles. The van der Waals surface area contributed by atoms with Gasteiger partial charge in [0, 0.05) is 24.7 Å². The average Bonchev–Trinajstić information content (AvgIpc) is 2.44. The highest BCUT2D eigenvalue weighted by atomic mass is 15.1. The molecule has 0 saturated heterocycles. The summed E-state index contributed by atoms with van der Waals surface area (Å²) in [6.07, 6.45) is 1.85. The zero-order chi connectivity index (χ0) is 12.8. The summed E-state index contributed by atoms with van der Waals surface area (Å²) in [5, 5.41) is 4.67. The molecule has 0 atom stereocenters. The molecule has 0 saturated carbocycles. The molecular weight excluding hydrogens is 222 g/mol. The number of nitrogens with one attached hydrogen (secondary N) is 1. The van der Waals surface area contributed by atoms with Gasteiger partial charge in [0.25, 0.3) is 0 Å². The number of fused-ring (bicyclic) bond motifs is 1. The van der Waals surface area contributed by atoms with Crippen molar-refractivity contribution in [3.05, 3.63) is 36.5 Å². The monoisotopic (exact) mass is 243 g/mol. The molecule has 0 aliphatic rings. The summed E-state index contributed by atoms with van der Waals surface area (Å²) in [6, 6.07) is 10.3. The van der Waals surface area contributed by atoms with Gasteiger partial charge in [-0.1, -0.05) is 32.0 Å².